The van der Waals surface area contributed by atoms with Crippen molar-refractivity contribution < 1.29 is 32.1 Å². The fraction of sp³-hybridized carbons (Fsp3) is 0.333. The largest absolute Gasteiger partial charge is 0.495 e. The van der Waals surface area contributed by atoms with Crippen molar-refractivity contribution >= 4 is 44.8 Å². The third-order valence-corrected chi connectivity index (χ3v) is 8.73. The number of methoxy groups -OCH3 is 1. The van der Waals surface area contributed by atoms with Crippen molar-refractivity contribution in [3.05, 3.63) is 92.7 Å². The Morgan fingerprint density at radius 3 is 2.32 bits per heavy atom. The molecule has 0 aliphatic rings. The Hall–Kier alpha value is -4.23. The Bertz CT molecular complexity index is 1630. The predicted molar refractivity (Wildman–Crippen MR) is 165 cm³/mol. The molecule has 1 atom stereocenters. The first-order chi connectivity index (χ1) is 20.7. The van der Waals surface area contributed by atoms with E-state index in [-0.39, 0.29) is 41.0 Å². The highest BCUT2D eigenvalue weighted by Crippen LogP contribution is 2.36. The molecule has 0 aliphatic carbocycles. The van der Waals surface area contributed by atoms with Gasteiger partial charge < -0.3 is 15.0 Å². The number of rotatable bonds is 13. The average Bonchev–Trinajstić information content (AvgIpc) is 2.96. The molecule has 44 heavy (non-hydrogen) atoms. The second kappa shape index (κ2) is 14.5. The third kappa shape index (κ3) is 8.03. The summed E-state index contributed by atoms with van der Waals surface area (Å²) in [5.41, 5.74) is 0.214. The van der Waals surface area contributed by atoms with Gasteiger partial charge in [0.2, 0.25) is 11.8 Å². The number of nitro groups is 1. The van der Waals surface area contributed by atoms with Crippen LogP contribution in [0.2, 0.25) is 5.02 Å². The molecule has 3 rings (SSSR count). The highest BCUT2D eigenvalue weighted by molar-refractivity contribution is 7.92. The van der Waals surface area contributed by atoms with Crippen molar-refractivity contribution in [3.8, 4) is 5.75 Å². The second-order valence-corrected chi connectivity index (χ2v) is 12.6. The van der Waals surface area contributed by atoms with Crippen LogP contribution in [-0.2, 0) is 26.2 Å². The Balaban J connectivity index is 2.19. The van der Waals surface area contributed by atoms with Crippen molar-refractivity contribution in [1.82, 2.24) is 10.2 Å². The number of carbonyl (C=O) groups excluding carboxylic acids is 2. The number of ether oxygens (including phenoxy) is 1. The molecule has 0 radical (unpaired) electrons. The van der Waals surface area contributed by atoms with Crippen molar-refractivity contribution in [2.75, 3.05) is 18.0 Å². The number of benzene rings is 3. The van der Waals surface area contributed by atoms with E-state index in [1.54, 1.807) is 20.8 Å². The minimum atomic E-state index is -4.66. The van der Waals surface area contributed by atoms with Crippen LogP contribution in [0.25, 0.3) is 0 Å². The molecule has 3 aromatic carbocycles. The number of anilines is 1. The molecule has 0 unspecified atom stereocenters. The lowest BCUT2D eigenvalue weighted by molar-refractivity contribution is -0.385. The summed E-state index contributed by atoms with van der Waals surface area (Å²) < 4.78 is 48.2. The minimum absolute atomic E-state index is 0.0575. The Morgan fingerprint density at radius 2 is 1.75 bits per heavy atom. The molecule has 0 saturated heterocycles. The maximum Gasteiger partial charge on any atom is 0.273 e. The summed E-state index contributed by atoms with van der Waals surface area (Å²) in [5.74, 6) is -1.66. The van der Waals surface area contributed by atoms with E-state index in [1.807, 2.05) is 0 Å². The molecule has 11 nitrogen and oxygen atoms in total. The summed E-state index contributed by atoms with van der Waals surface area (Å²) in [5, 5.41) is 14.6. The lowest BCUT2D eigenvalue weighted by atomic mass is 10.1. The summed E-state index contributed by atoms with van der Waals surface area (Å²) in [6.07, 6.45) is 0.183. The monoisotopic (exact) mass is 648 g/mol. The number of aryl methyl sites for hydroxylation is 1. The minimum Gasteiger partial charge on any atom is -0.495 e. The van der Waals surface area contributed by atoms with Gasteiger partial charge in [-0.2, -0.15) is 0 Å². The molecule has 1 N–H and O–H groups in total. The molecule has 0 aromatic heterocycles. The Morgan fingerprint density at radius 1 is 1.09 bits per heavy atom. The van der Waals surface area contributed by atoms with Gasteiger partial charge in [-0.1, -0.05) is 36.7 Å². The topological polar surface area (TPSA) is 139 Å². The first-order valence-electron chi connectivity index (χ1n) is 13.6. The molecular weight excluding hydrogens is 615 g/mol. The summed E-state index contributed by atoms with van der Waals surface area (Å²) in [6, 6.07) is 11.7. The number of nitrogens with one attached hydrogen (secondary N) is 1. The highest BCUT2D eigenvalue weighted by atomic mass is 35.5. The van der Waals surface area contributed by atoms with E-state index in [4.69, 9.17) is 16.3 Å². The van der Waals surface area contributed by atoms with Crippen LogP contribution in [0.15, 0.2) is 65.6 Å². The maximum atomic E-state index is 14.2. The second-order valence-electron chi connectivity index (χ2n) is 10.3. The third-order valence-electron chi connectivity index (χ3n) is 6.74. The number of nitro benzene ring substituents is 1. The number of hydrogen-bond acceptors (Lipinski definition) is 7. The summed E-state index contributed by atoms with van der Waals surface area (Å²) in [7, 11) is -3.36. The lowest BCUT2D eigenvalue weighted by Gasteiger charge is -2.34. The molecule has 2 amide bonds. The van der Waals surface area contributed by atoms with Crippen LogP contribution in [0, 0.1) is 22.9 Å². The van der Waals surface area contributed by atoms with E-state index >= 15 is 0 Å². The van der Waals surface area contributed by atoms with Gasteiger partial charge in [-0.3, -0.25) is 24.0 Å². The zero-order valence-corrected chi connectivity index (χ0v) is 26.5. The van der Waals surface area contributed by atoms with Gasteiger partial charge in [-0.25, -0.2) is 12.8 Å². The number of amides is 2. The molecule has 0 heterocycles. The molecule has 236 valence electrons. The standard InChI is InChI=1S/C30H34ClFN4O7S/c1-6-25(30(38)33-19(2)3)34(17-21-8-11-23(32)12-9-21)29(37)18-35(27-15-22(31)10-14-28(27)43-5)44(41,42)24-13-7-20(4)26(16-24)36(39)40/h7-16,19,25H,6,17-18H2,1-5H3,(H,33,38)/t25-/m1/s1. The van der Waals surface area contributed by atoms with E-state index in [2.05, 4.69) is 5.32 Å². The Labute approximate surface area is 260 Å². The average molecular weight is 649 g/mol. The van der Waals surface area contributed by atoms with Gasteiger partial charge in [0, 0.05) is 29.2 Å². The van der Waals surface area contributed by atoms with Gasteiger partial charge in [0.25, 0.3) is 15.7 Å². The maximum absolute atomic E-state index is 14.2. The highest BCUT2D eigenvalue weighted by Gasteiger charge is 2.35. The van der Waals surface area contributed by atoms with Crippen molar-refractivity contribution in [2.45, 2.75) is 57.6 Å². The fourth-order valence-electron chi connectivity index (χ4n) is 4.53. The van der Waals surface area contributed by atoms with Crippen molar-refractivity contribution in [1.29, 1.82) is 0 Å². The van der Waals surface area contributed by atoms with Gasteiger partial charge in [0.05, 0.1) is 22.6 Å². The molecule has 0 aliphatic heterocycles. The van der Waals surface area contributed by atoms with Crippen LogP contribution in [0.3, 0.4) is 0 Å². The number of carbonyl (C=O) groups is 2. The number of halogens is 2. The van der Waals surface area contributed by atoms with E-state index in [0.717, 1.165) is 10.4 Å². The lowest BCUT2D eigenvalue weighted by Crippen LogP contribution is -2.53. The molecular formula is C30H34ClFN4O7S. The first-order valence-corrected chi connectivity index (χ1v) is 15.5. The summed E-state index contributed by atoms with van der Waals surface area (Å²) in [6.45, 7) is 5.73. The number of nitrogens with zero attached hydrogens (tertiary/aromatic N) is 3. The zero-order valence-electron chi connectivity index (χ0n) is 24.9. The van der Waals surface area contributed by atoms with E-state index in [9.17, 15) is 32.5 Å². The van der Waals surface area contributed by atoms with Gasteiger partial charge in [0.1, 0.15) is 24.2 Å². The summed E-state index contributed by atoms with van der Waals surface area (Å²) >= 11 is 6.24. The predicted octanol–water partition coefficient (Wildman–Crippen LogP) is 5.23. The summed E-state index contributed by atoms with van der Waals surface area (Å²) in [4.78, 5) is 39.1. The first kappa shape index (κ1) is 34.3. The van der Waals surface area contributed by atoms with Gasteiger partial charge in [-0.05, 0) is 69.2 Å². The van der Waals surface area contributed by atoms with Gasteiger partial charge in [0.15, 0.2) is 0 Å². The number of sulfonamides is 1. The zero-order chi connectivity index (χ0) is 32.8. The molecule has 0 bridgehead atoms. The molecule has 3 aromatic rings. The molecule has 0 fully saturated rings. The van der Waals surface area contributed by atoms with E-state index in [1.165, 1.54) is 73.5 Å². The quantitative estimate of drug-likeness (QED) is 0.198. The van der Waals surface area contributed by atoms with Crippen LogP contribution in [-0.4, -0.2) is 55.8 Å². The van der Waals surface area contributed by atoms with Crippen LogP contribution < -0.4 is 14.4 Å². The van der Waals surface area contributed by atoms with Crippen LogP contribution in [0.1, 0.15) is 38.3 Å². The fourth-order valence-corrected chi connectivity index (χ4v) is 6.14. The van der Waals surface area contributed by atoms with Gasteiger partial charge >= 0.3 is 0 Å². The SMILES string of the molecule is CC[C@H](C(=O)NC(C)C)N(Cc1ccc(F)cc1)C(=O)CN(c1cc(Cl)ccc1OC)S(=O)(=O)c1ccc(C)c([N+](=O)[O-])c1. The van der Waals surface area contributed by atoms with Crippen LogP contribution in [0.4, 0.5) is 15.8 Å². The van der Waals surface area contributed by atoms with E-state index in [0.29, 0.717) is 5.56 Å². The van der Waals surface area contributed by atoms with E-state index < -0.39 is 55.7 Å². The van der Waals surface area contributed by atoms with Crippen molar-refractivity contribution in [2.24, 2.45) is 0 Å². The molecule has 0 spiro atoms. The molecule has 14 heteroatoms. The smallest absolute Gasteiger partial charge is 0.273 e. The Kier molecular flexibility index (Phi) is 11.3. The van der Waals surface area contributed by atoms with Crippen LogP contribution in [0.5, 0.6) is 5.75 Å². The number of hydrogen-bond donors (Lipinski definition) is 1. The van der Waals surface area contributed by atoms with Crippen molar-refractivity contribution in [3.63, 3.8) is 0 Å². The normalized spacial score (nSPS) is 12.0. The van der Waals surface area contributed by atoms with Gasteiger partial charge in [-0.15, -0.1) is 0 Å². The van der Waals surface area contributed by atoms with Crippen LogP contribution >= 0.6 is 11.6 Å². The molecule has 0 saturated carbocycles.